The zero-order chi connectivity index (χ0) is 13.4. The minimum atomic E-state index is -2.57. The molecule has 0 aliphatic carbocycles. The van der Waals surface area contributed by atoms with Crippen LogP contribution >= 0.6 is 11.8 Å². The Labute approximate surface area is 109 Å². The van der Waals surface area contributed by atoms with Crippen LogP contribution in [0.15, 0.2) is 17.4 Å². The number of guanidine groups is 1. The molecule has 0 spiro atoms. The topological polar surface area (TPSA) is 54.2 Å². The number of aliphatic imine (C=N–C) groups is 1. The van der Waals surface area contributed by atoms with Gasteiger partial charge in [-0.25, -0.2) is 4.98 Å². The van der Waals surface area contributed by atoms with Gasteiger partial charge in [-0.05, 0) is 6.26 Å². The molecule has 1 heterocycles. The molecule has 2 N–H and O–H groups in total. The number of thioether (sulfide) groups is 1. The average molecular weight is 277 g/mol. The van der Waals surface area contributed by atoms with Crippen molar-refractivity contribution in [3.63, 3.8) is 0 Å². The van der Waals surface area contributed by atoms with Crippen LogP contribution in [0, 0.1) is 0 Å². The molecule has 8 heteroatoms. The van der Waals surface area contributed by atoms with Crippen LogP contribution in [0.2, 0.25) is 0 Å². The smallest absolute Gasteiger partial charge is 0.319 e. The third kappa shape index (κ3) is 4.52. The van der Waals surface area contributed by atoms with Gasteiger partial charge >= 0.3 is 6.55 Å². The lowest BCUT2D eigenvalue weighted by Gasteiger charge is -2.12. The number of nitrogens with one attached hydrogen (secondary N) is 2. The molecular weight excluding hydrogens is 260 g/mol. The lowest BCUT2D eigenvalue weighted by molar-refractivity contribution is 0.0668. The predicted molar refractivity (Wildman–Crippen MR) is 70.1 cm³/mol. The third-order valence-electron chi connectivity index (χ3n) is 2.20. The first-order valence-corrected chi connectivity index (χ1v) is 6.81. The highest BCUT2D eigenvalue weighted by Crippen LogP contribution is 2.11. The minimum absolute atomic E-state index is 0.205. The molecule has 102 valence electrons. The summed E-state index contributed by atoms with van der Waals surface area (Å²) < 4.78 is 25.9. The minimum Gasteiger partial charge on any atom is -0.356 e. The summed E-state index contributed by atoms with van der Waals surface area (Å²) in [6.45, 7) is -1.60. The Hall–Kier alpha value is -1.31. The van der Waals surface area contributed by atoms with Crippen molar-refractivity contribution in [1.29, 1.82) is 0 Å². The summed E-state index contributed by atoms with van der Waals surface area (Å²) in [7, 11) is 1.63. The summed E-state index contributed by atoms with van der Waals surface area (Å²) in [6.07, 6.45) is 4.62. The number of aromatic nitrogens is 2. The van der Waals surface area contributed by atoms with Crippen LogP contribution in [-0.2, 0) is 6.54 Å². The van der Waals surface area contributed by atoms with E-state index in [9.17, 15) is 8.78 Å². The van der Waals surface area contributed by atoms with Gasteiger partial charge in [0.05, 0.1) is 6.54 Å². The summed E-state index contributed by atoms with van der Waals surface area (Å²) in [4.78, 5) is 7.87. The number of alkyl halides is 2. The fourth-order valence-corrected chi connectivity index (χ4v) is 1.62. The first-order chi connectivity index (χ1) is 8.69. The van der Waals surface area contributed by atoms with Crippen LogP contribution in [0.4, 0.5) is 8.78 Å². The van der Waals surface area contributed by atoms with Crippen molar-refractivity contribution >= 4 is 17.7 Å². The molecule has 0 amide bonds. The summed E-state index contributed by atoms with van der Waals surface area (Å²) in [5.41, 5.74) is 0. The first kappa shape index (κ1) is 14.7. The van der Waals surface area contributed by atoms with E-state index < -0.39 is 6.55 Å². The Morgan fingerprint density at radius 3 is 2.94 bits per heavy atom. The van der Waals surface area contributed by atoms with E-state index >= 15 is 0 Å². The molecule has 1 aromatic rings. The second-order valence-electron chi connectivity index (χ2n) is 3.37. The van der Waals surface area contributed by atoms with E-state index in [0.717, 1.165) is 16.9 Å². The van der Waals surface area contributed by atoms with E-state index in [1.54, 1.807) is 18.8 Å². The van der Waals surface area contributed by atoms with Gasteiger partial charge in [0.1, 0.15) is 5.82 Å². The van der Waals surface area contributed by atoms with Crippen molar-refractivity contribution in [3.8, 4) is 0 Å². The molecule has 0 aliphatic rings. The van der Waals surface area contributed by atoms with Gasteiger partial charge in [0.25, 0.3) is 0 Å². The fourth-order valence-electron chi connectivity index (χ4n) is 1.31. The normalized spacial score (nSPS) is 11.9. The average Bonchev–Trinajstić information content (AvgIpc) is 2.82. The van der Waals surface area contributed by atoms with Crippen molar-refractivity contribution in [3.05, 3.63) is 18.2 Å². The molecule has 0 aliphatic heterocycles. The molecule has 0 saturated heterocycles. The third-order valence-corrected chi connectivity index (χ3v) is 2.81. The van der Waals surface area contributed by atoms with E-state index in [-0.39, 0.29) is 12.4 Å². The van der Waals surface area contributed by atoms with Crippen LogP contribution in [0.3, 0.4) is 0 Å². The van der Waals surface area contributed by atoms with E-state index in [2.05, 4.69) is 20.6 Å². The largest absolute Gasteiger partial charge is 0.356 e. The quantitative estimate of drug-likeness (QED) is 0.467. The molecule has 5 nitrogen and oxygen atoms in total. The van der Waals surface area contributed by atoms with Crippen LogP contribution in [0.5, 0.6) is 0 Å². The standard InChI is InChI=1S/C10H17F2N5S/c1-13-10(15-4-6-18-2)16-7-8-14-3-5-17(8)9(11)12/h3,5,9H,4,6-7H2,1-2H3,(H2,13,15,16). The SMILES string of the molecule is CN=C(NCCSC)NCc1nccn1C(F)F. The molecule has 0 atom stereocenters. The van der Waals surface area contributed by atoms with Gasteiger partial charge in [-0.3, -0.25) is 9.56 Å². The zero-order valence-electron chi connectivity index (χ0n) is 10.4. The van der Waals surface area contributed by atoms with Gasteiger partial charge < -0.3 is 10.6 Å². The van der Waals surface area contributed by atoms with E-state index in [1.165, 1.54) is 12.4 Å². The molecule has 18 heavy (non-hydrogen) atoms. The monoisotopic (exact) mass is 277 g/mol. The molecule has 1 aromatic heterocycles. The lowest BCUT2D eigenvalue weighted by Crippen LogP contribution is -2.38. The molecular formula is C10H17F2N5S. The van der Waals surface area contributed by atoms with Crippen molar-refractivity contribution in [2.45, 2.75) is 13.1 Å². The summed E-state index contributed by atoms with van der Waals surface area (Å²) in [5.74, 6) is 1.80. The Bertz CT molecular complexity index is 380. The second-order valence-corrected chi connectivity index (χ2v) is 4.36. The summed E-state index contributed by atoms with van der Waals surface area (Å²) >= 11 is 1.72. The van der Waals surface area contributed by atoms with Crippen molar-refractivity contribution < 1.29 is 8.78 Å². The van der Waals surface area contributed by atoms with Gasteiger partial charge in [-0.15, -0.1) is 0 Å². The summed E-state index contributed by atoms with van der Waals surface area (Å²) in [5, 5.41) is 6.01. The Balaban J connectivity index is 2.45. The van der Waals surface area contributed by atoms with E-state index in [4.69, 9.17) is 0 Å². The Kier molecular flexibility index (Phi) is 6.48. The molecule has 0 saturated carbocycles. The van der Waals surface area contributed by atoms with Crippen LogP contribution in [-0.4, -0.2) is 41.1 Å². The fraction of sp³-hybridized carbons (Fsp3) is 0.600. The number of rotatable bonds is 6. The number of nitrogens with zero attached hydrogens (tertiary/aromatic N) is 3. The molecule has 1 rings (SSSR count). The number of imidazole rings is 1. The molecule has 0 unspecified atom stereocenters. The molecule has 0 bridgehead atoms. The molecule has 0 aromatic carbocycles. The first-order valence-electron chi connectivity index (χ1n) is 5.42. The molecule has 0 fully saturated rings. The number of hydrogen-bond acceptors (Lipinski definition) is 3. The van der Waals surface area contributed by atoms with Crippen LogP contribution in [0.25, 0.3) is 0 Å². The predicted octanol–water partition coefficient (Wildman–Crippen LogP) is 1.31. The van der Waals surface area contributed by atoms with Crippen LogP contribution in [0.1, 0.15) is 12.4 Å². The van der Waals surface area contributed by atoms with Gasteiger partial charge in [-0.1, -0.05) is 0 Å². The molecule has 0 radical (unpaired) electrons. The van der Waals surface area contributed by atoms with Gasteiger partial charge in [-0.2, -0.15) is 20.5 Å². The maximum Gasteiger partial charge on any atom is 0.319 e. The van der Waals surface area contributed by atoms with Gasteiger partial charge in [0, 0.05) is 31.7 Å². The zero-order valence-corrected chi connectivity index (χ0v) is 11.2. The van der Waals surface area contributed by atoms with Crippen molar-refractivity contribution in [1.82, 2.24) is 20.2 Å². The van der Waals surface area contributed by atoms with E-state index in [1.807, 2.05) is 6.26 Å². The van der Waals surface area contributed by atoms with Gasteiger partial charge in [0.2, 0.25) is 0 Å². The van der Waals surface area contributed by atoms with Crippen LogP contribution < -0.4 is 10.6 Å². The Morgan fingerprint density at radius 2 is 2.33 bits per heavy atom. The highest BCUT2D eigenvalue weighted by Gasteiger charge is 2.11. The lowest BCUT2D eigenvalue weighted by atomic mass is 10.5. The maximum absolute atomic E-state index is 12.6. The highest BCUT2D eigenvalue weighted by molar-refractivity contribution is 7.98. The van der Waals surface area contributed by atoms with Crippen molar-refractivity contribution in [2.75, 3.05) is 25.6 Å². The van der Waals surface area contributed by atoms with Gasteiger partial charge in [0.15, 0.2) is 5.96 Å². The van der Waals surface area contributed by atoms with E-state index in [0.29, 0.717) is 5.96 Å². The number of hydrogen-bond donors (Lipinski definition) is 2. The Morgan fingerprint density at radius 1 is 1.56 bits per heavy atom. The highest BCUT2D eigenvalue weighted by atomic mass is 32.2. The maximum atomic E-state index is 12.6. The van der Waals surface area contributed by atoms with Crippen molar-refractivity contribution in [2.24, 2.45) is 4.99 Å². The second kappa shape index (κ2) is 7.91. The summed E-state index contributed by atoms with van der Waals surface area (Å²) in [6, 6.07) is 0. The number of halogens is 2.